The molecule has 6 heteroatoms. The van der Waals surface area contributed by atoms with E-state index in [0.29, 0.717) is 5.02 Å². The summed E-state index contributed by atoms with van der Waals surface area (Å²) in [7, 11) is 0. The van der Waals surface area contributed by atoms with Crippen molar-refractivity contribution in [3.05, 3.63) is 50.6 Å². The van der Waals surface area contributed by atoms with E-state index in [1.54, 1.807) is 6.20 Å². The molecule has 0 amide bonds. The number of nitrogens with zero attached hydrogens (tertiary/aromatic N) is 2. The molecule has 1 heterocycles. The number of rotatable bonds is 4. The second-order valence-corrected chi connectivity index (χ2v) is 5.44. The number of hydrogen-bond acceptors (Lipinski definition) is 3. The average molecular weight is 377 g/mol. The second-order valence-electron chi connectivity index (χ2n) is 3.84. The van der Waals surface area contributed by atoms with Gasteiger partial charge in [-0.05, 0) is 53.3 Å². The van der Waals surface area contributed by atoms with Crippen molar-refractivity contribution in [3.63, 3.8) is 0 Å². The van der Waals surface area contributed by atoms with Gasteiger partial charge in [-0.3, -0.25) is 5.84 Å². The van der Waals surface area contributed by atoms with Crippen molar-refractivity contribution in [3.8, 4) is 0 Å². The standard InChI is InChI=1S/C12H14ClIN4/c1-2-18-6-5-16-12(18)11(17-15)9-7-8(13)3-4-10(9)14/h3-7,11,17H,2,15H2,1H3. The molecule has 0 aliphatic carbocycles. The van der Waals surface area contributed by atoms with Crippen LogP contribution in [-0.4, -0.2) is 9.55 Å². The van der Waals surface area contributed by atoms with E-state index in [2.05, 4.69) is 44.5 Å². The minimum Gasteiger partial charge on any atom is -0.334 e. The number of hydrogen-bond donors (Lipinski definition) is 2. The molecule has 0 bridgehead atoms. The summed E-state index contributed by atoms with van der Waals surface area (Å²) < 4.78 is 3.16. The van der Waals surface area contributed by atoms with Crippen molar-refractivity contribution in [1.29, 1.82) is 0 Å². The first-order chi connectivity index (χ1) is 8.67. The Morgan fingerprint density at radius 1 is 1.56 bits per heavy atom. The van der Waals surface area contributed by atoms with E-state index in [4.69, 9.17) is 17.4 Å². The van der Waals surface area contributed by atoms with E-state index in [-0.39, 0.29) is 6.04 Å². The number of nitrogens with two attached hydrogens (primary N) is 1. The quantitative estimate of drug-likeness (QED) is 0.490. The van der Waals surface area contributed by atoms with Crippen molar-refractivity contribution in [2.45, 2.75) is 19.5 Å². The van der Waals surface area contributed by atoms with Crippen LogP contribution in [-0.2, 0) is 6.54 Å². The predicted octanol–water partition coefficient (Wildman–Crippen LogP) is 2.71. The Balaban J connectivity index is 2.48. The first-order valence-corrected chi connectivity index (χ1v) is 7.05. The Labute approximate surface area is 125 Å². The van der Waals surface area contributed by atoms with E-state index in [1.165, 1.54) is 0 Å². The van der Waals surface area contributed by atoms with Gasteiger partial charge in [-0.25, -0.2) is 10.4 Å². The zero-order chi connectivity index (χ0) is 13.1. The molecule has 0 saturated heterocycles. The SMILES string of the molecule is CCn1ccnc1C(NN)c1cc(Cl)ccc1I. The predicted molar refractivity (Wildman–Crippen MR) is 81.2 cm³/mol. The minimum absolute atomic E-state index is 0.162. The fraction of sp³-hybridized carbons (Fsp3) is 0.250. The maximum atomic E-state index is 6.05. The van der Waals surface area contributed by atoms with Crippen molar-refractivity contribution < 1.29 is 0 Å². The van der Waals surface area contributed by atoms with Gasteiger partial charge in [-0.2, -0.15) is 0 Å². The summed E-state index contributed by atoms with van der Waals surface area (Å²) >= 11 is 8.33. The summed E-state index contributed by atoms with van der Waals surface area (Å²) in [5.41, 5.74) is 3.85. The van der Waals surface area contributed by atoms with E-state index in [9.17, 15) is 0 Å². The first kappa shape index (κ1) is 13.8. The van der Waals surface area contributed by atoms with Crippen LogP contribution in [0.2, 0.25) is 5.02 Å². The number of halogens is 2. The van der Waals surface area contributed by atoms with Crippen LogP contribution in [0.25, 0.3) is 0 Å². The number of hydrazine groups is 1. The molecule has 96 valence electrons. The number of imidazole rings is 1. The lowest BCUT2D eigenvalue weighted by atomic mass is 10.1. The molecule has 18 heavy (non-hydrogen) atoms. The van der Waals surface area contributed by atoms with Gasteiger partial charge in [0.25, 0.3) is 0 Å². The van der Waals surface area contributed by atoms with Crippen LogP contribution in [0.1, 0.15) is 24.4 Å². The van der Waals surface area contributed by atoms with Crippen molar-refractivity contribution in [2.24, 2.45) is 5.84 Å². The maximum Gasteiger partial charge on any atom is 0.131 e. The molecule has 2 aromatic rings. The molecular formula is C12H14ClIN4. The highest BCUT2D eigenvalue weighted by molar-refractivity contribution is 14.1. The Morgan fingerprint density at radius 2 is 2.33 bits per heavy atom. The van der Waals surface area contributed by atoms with Gasteiger partial charge in [-0.15, -0.1) is 0 Å². The normalized spacial score (nSPS) is 12.7. The van der Waals surface area contributed by atoms with E-state index < -0.39 is 0 Å². The average Bonchev–Trinajstić information content (AvgIpc) is 2.83. The Hall–Kier alpha value is -0.630. The van der Waals surface area contributed by atoms with Crippen LogP contribution in [0.3, 0.4) is 0 Å². The fourth-order valence-electron chi connectivity index (χ4n) is 1.89. The number of benzene rings is 1. The molecule has 1 atom stereocenters. The molecule has 0 saturated carbocycles. The van der Waals surface area contributed by atoms with Crippen LogP contribution in [0.4, 0.5) is 0 Å². The molecule has 0 aliphatic heterocycles. The van der Waals surface area contributed by atoms with Crippen molar-refractivity contribution >= 4 is 34.2 Å². The molecule has 1 aromatic heterocycles. The third-order valence-corrected chi connectivity index (χ3v) is 4.00. The second kappa shape index (κ2) is 6.01. The molecule has 2 rings (SSSR count). The lowest BCUT2D eigenvalue weighted by molar-refractivity contribution is 0.559. The van der Waals surface area contributed by atoms with Gasteiger partial charge in [0.15, 0.2) is 0 Å². The summed E-state index contributed by atoms with van der Waals surface area (Å²) in [5, 5.41) is 0.695. The van der Waals surface area contributed by atoms with Gasteiger partial charge in [-0.1, -0.05) is 11.6 Å². The van der Waals surface area contributed by atoms with E-state index in [1.807, 2.05) is 24.4 Å². The highest BCUT2D eigenvalue weighted by Gasteiger charge is 2.20. The van der Waals surface area contributed by atoms with Gasteiger partial charge in [0.2, 0.25) is 0 Å². The Morgan fingerprint density at radius 3 is 3.00 bits per heavy atom. The summed E-state index contributed by atoms with van der Waals surface area (Å²) in [6.45, 7) is 2.92. The van der Waals surface area contributed by atoms with Crippen LogP contribution in [0, 0.1) is 3.57 Å². The van der Waals surface area contributed by atoms with E-state index in [0.717, 1.165) is 21.5 Å². The summed E-state index contributed by atoms with van der Waals surface area (Å²) in [5.74, 6) is 6.58. The van der Waals surface area contributed by atoms with Gasteiger partial charge < -0.3 is 4.57 Å². The molecule has 0 aliphatic rings. The van der Waals surface area contributed by atoms with Gasteiger partial charge in [0, 0.05) is 27.5 Å². The van der Waals surface area contributed by atoms with Crippen LogP contribution < -0.4 is 11.3 Å². The molecule has 1 aromatic carbocycles. The molecule has 3 N–H and O–H groups in total. The summed E-state index contributed by atoms with van der Waals surface area (Å²) in [6, 6.07) is 5.60. The number of aromatic nitrogens is 2. The third kappa shape index (κ3) is 2.69. The lowest BCUT2D eigenvalue weighted by Crippen LogP contribution is -2.31. The summed E-state index contributed by atoms with van der Waals surface area (Å²) in [4.78, 5) is 4.38. The maximum absolute atomic E-state index is 6.05. The number of aryl methyl sites for hydroxylation is 1. The lowest BCUT2D eigenvalue weighted by Gasteiger charge is -2.18. The molecule has 0 radical (unpaired) electrons. The smallest absolute Gasteiger partial charge is 0.131 e. The first-order valence-electron chi connectivity index (χ1n) is 5.59. The summed E-state index contributed by atoms with van der Waals surface area (Å²) in [6.07, 6.45) is 3.72. The van der Waals surface area contributed by atoms with Gasteiger partial charge >= 0.3 is 0 Å². The van der Waals surface area contributed by atoms with Crippen LogP contribution in [0.15, 0.2) is 30.6 Å². The third-order valence-electron chi connectivity index (χ3n) is 2.78. The zero-order valence-electron chi connectivity index (χ0n) is 9.90. The van der Waals surface area contributed by atoms with E-state index >= 15 is 0 Å². The number of nitrogens with one attached hydrogen (secondary N) is 1. The Bertz CT molecular complexity index is 541. The highest BCUT2D eigenvalue weighted by atomic mass is 127. The van der Waals surface area contributed by atoms with Gasteiger partial charge in [0.05, 0.1) is 0 Å². The minimum atomic E-state index is -0.162. The largest absolute Gasteiger partial charge is 0.334 e. The fourth-order valence-corrected chi connectivity index (χ4v) is 2.72. The molecule has 1 unspecified atom stereocenters. The molecular weight excluding hydrogens is 363 g/mol. The monoisotopic (exact) mass is 376 g/mol. The van der Waals surface area contributed by atoms with Gasteiger partial charge in [0.1, 0.15) is 11.9 Å². The zero-order valence-corrected chi connectivity index (χ0v) is 12.8. The van der Waals surface area contributed by atoms with Crippen LogP contribution in [0.5, 0.6) is 0 Å². The molecule has 4 nitrogen and oxygen atoms in total. The van der Waals surface area contributed by atoms with Crippen molar-refractivity contribution in [1.82, 2.24) is 15.0 Å². The van der Waals surface area contributed by atoms with Crippen molar-refractivity contribution in [2.75, 3.05) is 0 Å². The van der Waals surface area contributed by atoms with Crippen LogP contribution >= 0.6 is 34.2 Å². The Kier molecular flexibility index (Phi) is 4.60. The topological polar surface area (TPSA) is 55.9 Å². The molecule has 0 spiro atoms. The molecule has 0 fully saturated rings. The highest BCUT2D eigenvalue weighted by Crippen LogP contribution is 2.27.